The molecule has 8 nitrogen and oxygen atoms in total. The van der Waals surface area contributed by atoms with Gasteiger partial charge in [-0.1, -0.05) is 29.4 Å². The second kappa shape index (κ2) is 7.78. The van der Waals surface area contributed by atoms with E-state index < -0.39 is 11.9 Å². The van der Waals surface area contributed by atoms with Gasteiger partial charge >= 0.3 is 11.9 Å². The van der Waals surface area contributed by atoms with Crippen LogP contribution in [0.4, 0.5) is 0 Å². The third kappa shape index (κ3) is 4.45. The van der Waals surface area contributed by atoms with Crippen LogP contribution in [0.2, 0.25) is 0 Å². The second-order valence-corrected chi connectivity index (χ2v) is 5.99. The number of likely N-dealkylation sites (tertiary alicyclic amines) is 1. The number of carboxylic acid groups (broad SMARTS) is 2. The first-order valence-corrected chi connectivity index (χ1v) is 7.64. The number of piperidine rings is 1. The monoisotopic (exact) mass is 335 g/mol. The highest BCUT2D eigenvalue weighted by Crippen LogP contribution is 2.35. The molecule has 1 fully saturated rings. The van der Waals surface area contributed by atoms with Gasteiger partial charge in [0.2, 0.25) is 0 Å². The number of benzene rings is 1. The molecule has 0 spiro atoms. The van der Waals surface area contributed by atoms with Crippen molar-refractivity contribution in [2.24, 2.45) is 16.8 Å². The van der Waals surface area contributed by atoms with Gasteiger partial charge in [-0.2, -0.15) is 0 Å². The topological polar surface area (TPSA) is 136 Å². The van der Waals surface area contributed by atoms with Crippen LogP contribution in [0.15, 0.2) is 29.4 Å². The molecule has 1 aromatic carbocycles. The predicted molar refractivity (Wildman–Crippen MR) is 86.1 cm³/mol. The minimum Gasteiger partial charge on any atom is -0.481 e. The Morgan fingerprint density at radius 2 is 1.88 bits per heavy atom. The molecular weight excluding hydrogens is 314 g/mol. The molecule has 0 bridgehead atoms. The first kappa shape index (κ1) is 17.7. The molecule has 2 atom stereocenters. The van der Waals surface area contributed by atoms with E-state index in [0.717, 1.165) is 5.56 Å². The number of nitrogens with zero attached hydrogens (tertiary/aromatic N) is 2. The molecule has 2 rings (SSSR count). The molecule has 1 aliphatic heterocycles. The van der Waals surface area contributed by atoms with E-state index in [4.69, 9.17) is 21.2 Å². The number of carboxylic acids is 2. The molecule has 1 aliphatic rings. The fraction of sp³-hybridized carbons (Fsp3) is 0.438. The molecule has 0 amide bonds. The molecule has 8 heteroatoms. The average molecular weight is 335 g/mol. The van der Waals surface area contributed by atoms with Gasteiger partial charge < -0.3 is 21.2 Å². The molecule has 130 valence electrons. The normalized spacial score (nSPS) is 22.2. The predicted octanol–water partition coefficient (Wildman–Crippen LogP) is 0.746. The zero-order chi connectivity index (χ0) is 17.7. The Labute approximate surface area is 139 Å². The summed E-state index contributed by atoms with van der Waals surface area (Å²) in [4.78, 5) is 23.8. The van der Waals surface area contributed by atoms with Crippen LogP contribution in [0.1, 0.15) is 29.9 Å². The van der Waals surface area contributed by atoms with Gasteiger partial charge in [0.15, 0.2) is 5.84 Å². The van der Waals surface area contributed by atoms with Crippen LogP contribution >= 0.6 is 0 Å². The maximum Gasteiger partial charge on any atom is 0.317 e. The van der Waals surface area contributed by atoms with E-state index in [1.165, 1.54) is 0 Å². The summed E-state index contributed by atoms with van der Waals surface area (Å²) in [5.74, 6) is -1.92. The van der Waals surface area contributed by atoms with E-state index in [9.17, 15) is 9.59 Å². The number of oxime groups is 1. The van der Waals surface area contributed by atoms with E-state index >= 15 is 0 Å². The van der Waals surface area contributed by atoms with E-state index in [-0.39, 0.29) is 30.6 Å². The van der Waals surface area contributed by atoms with Gasteiger partial charge in [0.25, 0.3) is 0 Å². The van der Waals surface area contributed by atoms with Crippen LogP contribution in [0.5, 0.6) is 0 Å². The second-order valence-electron chi connectivity index (χ2n) is 5.99. The van der Waals surface area contributed by atoms with Crippen molar-refractivity contribution in [3.63, 3.8) is 0 Å². The van der Waals surface area contributed by atoms with Crippen LogP contribution in [-0.4, -0.2) is 57.7 Å². The summed E-state index contributed by atoms with van der Waals surface area (Å²) in [5, 5.41) is 29.7. The van der Waals surface area contributed by atoms with Crippen molar-refractivity contribution < 1.29 is 25.0 Å². The standard InChI is InChI=1S/C16H21N3O5/c17-16(18-24)11-3-1-10(2-4-11)13-5-6-19(9-15(22)23)8-12(13)7-14(20)21/h1-4,12-13,24H,5-9H2,(H2,17,18)(H,20,21)(H,22,23). The summed E-state index contributed by atoms with van der Waals surface area (Å²) in [6.45, 7) is 0.964. The lowest BCUT2D eigenvalue weighted by Crippen LogP contribution is -2.42. The van der Waals surface area contributed by atoms with Crippen LogP contribution in [0.3, 0.4) is 0 Å². The number of carbonyl (C=O) groups is 2. The highest BCUT2D eigenvalue weighted by atomic mass is 16.4. The van der Waals surface area contributed by atoms with Gasteiger partial charge in [0.1, 0.15) is 0 Å². The molecule has 2 unspecified atom stereocenters. The van der Waals surface area contributed by atoms with Gasteiger partial charge in [0.05, 0.1) is 6.54 Å². The third-order valence-electron chi connectivity index (χ3n) is 4.36. The van der Waals surface area contributed by atoms with E-state index in [2.05, 4.69) is 5.16 Å². The summed E-state index contributed by atoms with van der Waals surface area (Å²) < 4.78 is 0. The Morgan fingerprint density at radius 1 is 1.21 bits per heavy atom. The average Bonchev–Trinajstić information content (AvgIpc) is 2.53. The number of aliphatic carboxylic acids is 2. The Hall–Kier alpha value is -2.61. The van der Waals surface area contributed by atoms with Crippen LogP contribution in [-0.2, 0) is 9.59 Å². The lowest BCUT2D eigenvalue weighted by Gasteiger charge is -2.37. The van der Waals surface area contributed by atoms with E-state index in [1.54, 1.807) is 17.0 Å². The summed E-state index contributed by atoms with van der Waals surface area (Å²) in [6, 6.07) is 7.15. The Balaban J connectivity index is 2.17. The lowest BCUT2D eigenvalue weighted by molar-refractivity contribution is -0.139. The Morgan fingerprint density at radius 3 is 2.42 bits per heavy atom. The first-order valence-electron chi connectivity index (χ1n) is 7.64. The summed E-state index contributed by atoms with van der Waals surface area (Å²) in [6.07, 6.45) is 0.677. The third-order valence-corrected chi connectivity index (χ3v) is 4.36. The van der Waals surface area contributed by atoms with Crippen molar-refractivity contribution >= 4 is 17.8 Å². The van der Waals surface area contributed by atoms with Crippen molar-refractivity contribution in [3.8, 4) is 0 Å². The molecule has 1 heterocycles. The zero-order valence-electron chi connectivity index (χ0n) is 13.1. The quantitative estimate of drug-likeness (QED) is 0.260. The van der Waals surface area contributed by atoms with Crippen LogP contribution < -0.4 is 5.73 Å². The maximum absolute atomic E-state index is 11.2. The summed E-state index contributed by atoms with van der Waals surface area (Å²) >= 11 is 0. The Kier molecular flexibility index (Phi) is 5.75. The fourth-order valence-corrected chi connectivity index (χ4v) is 3.27. The maximum atomic E-state index is 11.2. The summed E-state index contributed by atoms with van der Waals surface area (Å²) in [5.41, 5.74) is 7.10. The fourth-order valence-electron chi connectivity index (χ4n) is 3.27. The molecule has 24 heavy (non-hydrogen) atoms. The minimum atomic E-state index is -0.911. The summed E-state index contributed by atoms with van der Waals surface area (Å²) in [7, 11) is 0. The number of nitrogens with two attached hydrogens (primary N) is 1. The van der Waals surface area contributed by atoms with Crippen molar-refractivity contribution in [2.45, 2.75) is 18.8 Å². The van der Waals surface area contributed by atoms with Gasteiger partial charge in [-0.3, -0.25) is 14.5 Å². The zero-order valence-corrected chi connectivity index (χ0v) is 13.1. The van der Waals surface area contributed by atoms with Gasteiger partial charge in [-0.25, -0.2) is 0 Å². The molecule has 0 aliphatic carbocycles. The minimum absolute atomic E-state index is 0.0111. The van der Waals surface area contributed by atoms with E-state index in [1.807, 2.05) is 12.1 Å². The highest BCUT2D eigenvalue weighted by Gasteiger charge is 2.32. The van der Waals surface area contributed by atoms with Gasteiger partial charge in [-0.15, -0.1) is 0 Å². The van der Waals surface area contributed by atoms with Gasteiger partial charge in [-0.05, 0) is 30.4 Å². The molecular formula is C16H21N3O5. The number of hydrogen-bond donors (Lipinski definition) is 4. The molecule has 0 aromatic heterocycles. The highest BCUT2D eigenvalue weighted by molar-refractivity contribution is 5.96. The van der Waals surface area contributed by atoms with Crippen LogP contribution in [0.25, 0.3) is 0 Å². The van der Waals surface area contributed by atoms with Crippen molar-refractivity contribution in [2.75, 3.05) is 19.6 Å². The molecule has 1 aromatic rings. The molecule has 0 radical (unpaired) electrons. The molecule has 5 N–H and O–H groups in total. The molecule has 1 saturated heterocycles. The first-order chi connectivity index (χ1) is 11.4. The lowest BCUT2D eigenvalue weighted by atomic mass is 9.78. The smallest absolute Gasteiger partial charge is 0.317 e. The Bertz CT molecular complexity index is 629. The SMILES string of the molecule is N/C(=N\O)c1ccc(C2CCN(CC(=O)O)CC2CC(=O)O)cc1. The van der Waals surface area contributed by atoms with Crippen molar-refractivity contribution in [1.29, 1.82) is 0 Å². The van der Waals surface area contributed by atoms with E-state index in [0.29, 0.717) is 25.1 Å². The number of amidine groups is 1. The number of rotatable bonds is 6. The van der Waals surface area contributed by atoms with Gasteiger partial charge in [0, 0.05) is 18.5 Å². The number of hydrogen-bond acceptors (Lipinski definition) is 5. The van der Waals surface area contributed by atoms with Crippen LogP contribution in [0, 0.1) is 5.92 Å². The van der Waals surface area contributed by atoms with Crippen molar-refractivity contribution in [1.82, 2.24) is 4.90 Å². The molecule has 0 saturated carbocycles. The van der Waals surface area contributed by atoms with Crippen molar-refractivity contribution in [3.05, 3.63) is 35.4 Å². The largest absolute Gasteiger partial charge is 0.481 e.